The van der Waals surface area contributed by atoms with Crippen LogP contribution in [0.25, 0.3) is 5.82 Å². The Morgan fingerprint density at radius 2 is 1.93 bits per heavy atom. The highest BCUT2D eigenvalue weighted by Gasteiger charge is 2.23. The molecule has 2 aromatic heterocycles. The fourth-order valence-corrected chi connectivity index (χ4v) is 2.39. The van der Waals surface area contributed by atoms with Crippen LogP contribution in [0.5, 0.6) is 0 Å². The van der Waals surface area contributed by atoms with Crippen molar-refractivity contribution in [3.8, 4) is 5.82 Å². The quantitative estimate of drug-likeness (QED) is 0.700. The Morgan fingerprint density at radius 3 is 2.63 bits per heavy atom. The number of benzene rings is 1. The molecule has 3 aromatic rings. The van der Waals surface area contributed by atoms with Crippen molar-refractivity contribution in [2.45, 2.75) is 20.0 Å². The number of ether oxygens (including phenoxy) is 1. The highest BCUT2D eigenvalue weighted by Crippen LogP contribution is 2.16. The van der Waals surface area contributed by atoms with Crippen LogP contribution in [0, 0.1) is 12.7 Å². The van der Waals surface area contributed by atoms with Gasteiger partial charge in [0.05, 0.1) is 17.6 Å². The predicted octanol–water partition coefficient (Wildman–Crippen LogP) is 2.90. The van der Waals surface area contributed by atoms with Crippen molar-refractivity contribution in [1.82, 2.24) is 14.8 Å². The van der Waals surface area contributed by atoms with Crippen LogP contribution < -0.4 is 5.32 Å². The number of halogens is 1. The molecule has 1 N–H and O–H groups in total. The molecule has 0 spiro atoms. The van der Waals surface area contributed by atoms with E-state index in [4.69, 9.17) is 4.74 Å². The summed E-state index contributed by atoms with van der Waals surface area (Å²) in [5, 5.41) is 6.53. The first-order valence-corrected chi connectivity index (χ1v) is 8.20. The molecular formula is C19H17FN4O3. The minimum atomic E-state index is -1.12. The lowest BCUT2D eigenvalue weighted by molar-refractivity contribution is -0.123. The summed E-state index contributed by atoms with van der Waals surface area (Å²) in [7, 11) is 0. The molecular weight excluding hydrogens is 351 g/mol. The van der Waals surface area contributed by atoms with E-state index in [1.54, 1.807) is 37.4 Å². The zero-order valence-corrected chi connectivity index (χ0v) is 14.7. The highest BCUT2D eigenvalue weighted by atomic mass is 19.1. The minimum Gasteiger partial charge on any atom is -0.449 e. The maximum Gasteiger partial charge on any atom is 0.342 e. The predicted molar refractivity (Wildman–Crippen MR) is 96.0 cm³/mol. The molecule has 1 amide bonds. The minimum absolute atomic E-state index is 0.0181. The molecule has 0 saturated carbocycles. The number of hydrogen-bond acceptors (Lipinski definition) is 5. The Hall–Kier alpha value is -3.55. The second-order valence-corrected chi connectivity index (χ2v) is 5.76. The molecule has 0 aliphatic heterocycles. The molecule has 0 aliphatic carbocycles. The normalized spacial score (nSPS) is 11.7. The van der Waals surface area contributed by atoms with Crippen LogP contribution in [-0.2, 0) is 9.53 Å². The summed E-state index contributed by atoms with van der Waals surface area (Å²) in [5.41, 5.74) is 0.760. The van der Waals surface area contributed by atoms with Gasteiger partial charge in [0.15, 0.2) is 11.9 Å². The number of carbonyl (C=O) groups is 2. The zero-order valence-electron chi connectivity index (χ0n) is 14.7. The fraction of sp³-hybridized carbons (Fsp3) is 0.158. The number of amides is 1. The smallest absolute Gasteiger partial charge is 0.342 e. The molecule has 138 valence electrons. The first-order valence-electron chi connectivity index (χ1n) is 8.20. The summed E-state index contributed by atoms with van der Waals surface area (Å²) in [6, 6.07) is 11.1. The van der Waals surface area contributed by atoms with E-state index in [9.17, 15) is 14.0 Å². The average molecular weight is 368 g/mol. The highest BCUT2D eigenvalue weighted by molar-refractivity contribution is 5.97. The van der Waals surface area contributed by atoms with Gasteiger partial charge in [0, 0.05) is 6.20 Å². The molecule has 0 saturated heterocycles. The maximum absolute atomic E-state index is 13.6. The van der Waals surface area contributed by atoms with Crippen LogP contribution in [0.15, 0.2) is 54.9 Å². The van der Waals surface area contributed by atoms with Gasteiger partial charge in [0.1, 0.15) is 11.4 Å². The number of hydrogen-bond donors (Lipinski definition) is 1. The number of para-hydroxylation sites is 1. The van der Waals surface area contributed by atoms with Crippen LogP contribution in [0.4, 0.5) is 10.1 Å². The molecule has 7 nitrogen and oxygen atoms in total. The van der Waals surface area contributed by atoms with Crippen LogP contribution in [0.2, 0.25) is 0 Å². The number of esters is 1. The van der Waals surface area contributed by atoms with Crippen LogP contribution in [0.1, 0.15) is 23.0 Å². The molecule has 3 rings (SSSR count). The Labute approximate surface area is 154 Å². The number of rotatable bonds is 5. The first-order chi connectivity index (χ1) is 13.0. The van der Waals surface area contributed by atoms with E-state index in [0.29, 0.717) is 11.5 Å². The largest absolute Gasteiger partial charge is 0.449 e. The van der Waals surface area contributed by atoms with Crippen molar-refractivity contribution < 1.29 is 18.7 Å². The van der Waals surface area contributed by atoms with Gasteiger partial charge in [0.2, 0.25) is 0 Å². The molecule has 0 fully saturated rings. The molecule has 27 heavy (non-hydrogen) atoms. The van der Waals surface area contributed by atoms with Crippen molar-refractivity contribution >= 4 is 17.6 Å². The van der Waals surface area contributed by atoms with E-state index in [-0.39, 0.29) is 11.3 Å². The van der Waals surface area contributed by atoms with Crippen molar-refractivity contribution in [3.63, 3.8) is 0 Å². The van der Waals surface area contributed by atoms with E-state index in [2.05, 4.69) is 15.4 Å². The van der Waals surface area contributed by atoms with Crippen LogP contribution in [-0.4, -0.2) is 32.7 Å². The van der Waals surface area contributed by atoms with Gasteiger partial charge >= 0.3 is 5.97 Å². The second-order valence-electron chi connectivity index (χ2n) is 5.76. The van der Waals surface area contributed by atoms with Crippen molar-refractivity contribution in [2.75, 3.05) is 5.32 Å². The van der Waals surface area contributed by atoms with Crippen LogP contribution >= 0.6 is 0 Å². The lowest BCUT2D eigenvalue weighted by Gasteiger charge is -2.13. The number of pyridine rings is 1. The van der Waals surface area contributed by atoms with Gasteiger partial charge in [-0.1, -0.05) is 18.2 Å². The van der Waals surface area contributed by atoms with Crippen LogP contribution in [0.3, 0.4) is 0 Å². The van der Waals surface area contributed by atoms with Gasteiger partial charge in [-0.3, -0.25) is 4.79 Å². The third-order valence-electron chi connectivity index (χ3n) is 3.88. The van der Waals surface area contributed by atoms with Gasteiger partial charge in [-0.25, -0.2) is 18.9 Å². The van der Waals surface area contributed by atoms with Crippen molar-refractivity contribution in [2.24, 2.45) is 0 Å². The lowest BCUT2D eigenvalue weighted by Crippen LogP contribution is -2.30. The molecule has 1 unspecified atom stereocenters. The summed E-state index contributed by atoms with van der Waals surface area (Å²) >= 11 is 0. The van der Waals surface area contributed by atoms with Gasteiger partial charge in [-0.2, -0.15) is 5.10 Å². The summed E-state index contributed by atoms with van der Waals surface area (Å²) in [4.78, 5) is 28.7. The van der Waals surface area contributed by atoms with E-state index in [1.807, 2.05) is 0 Å². The number of nitrogens with one attached hydrogen (secondary N) is 1. The topological polar surface area (TPSA) is 86.1 Å². The van der Waals surface area contributed by atoms with E-state index in [1.165, 1.54) is 36.0 Å². The van der Waals surface area contributed by atoms with E-state index < -0.39 is 23.8 Å². The summed E-state index contributed by atoms with van der Waals surface area (Å²) in [6.07, 6.45) is 1.85. The molecule has 2 heterocycles. The Bertz CT molecular complexity index is 972. The fourth-order valence-electron chi connectivity index (χ4n) is 2.39. The molecule has 0 radical (unpaired) electrons. The average Bonchev–Trinajstić information content (AvgIpc) is 3.05. The van der Waals surface area contributed by atoms with E-state index >= 15 is 0 Å². The Balaban J connectivity index is 1.69. The molecule has 0 aliphatic rings. The Morgan fingerprint density at radius 1 is 1.19 bits per heavy atom. The summed E-state index contributed by atoms with van der Waals surface area (Å²) in [6.45, 7) is 3.11. The van der Waals surface area contributed by atoms with Crippen molar-refractivity contribution in [1.29, 1.82) is 0 Å². The number of aromatic nitrogens is 3. The van der Waals surface area contributed by atoms with E-state index in [0.717, 1.165) is 0 Å². The molecule has 0 bridgehead atoms. The summed E-state index contributed by atoms with van der Waals surface area (Å²) < 4.78 is 20.3. The third kappa shape index (κ3) is 4.00. The Kier molecular flexibility index (Phi) is 5.25. The standard InChI is InChI=1S/C19H17FN4O3/c1-12-14(11-22-24(12)17-9-5-6-10-21-17)19(26)27-13(2)18(25)23-16-8-4-3-7-15(16)20/h3-11,13H,1-2H3,(H,23,25). The maximum atomic E-state index is 13.6. The third-order valence-corrected chi connectivity index (χ3v) is 3.88. The second kappa shape index (κ2) is 7.77. The van der Waals surface area contributed by atoms with Crippen molar-refractivity contribution in [3.05, 3.63) is 71.9 Å². The molecule has 8 heteroatoms. The van der Waals surface area contributed by atoms with Gasteiger partial charge in [-0.05, 0) is 38.1 Å². The summed E-state index contributed by atoms with van der Waals surface area (Å²) in [5.74, 6) is -1.36. The number of nitrogens with zero attached hydrogens (tertiary/aromatic N) is 3. The lowest BCUT2D eigenvalue weighted by atomic mass is 10.2. The van der Waals surface area contributed by atoms with Gasteiger partial charge < -0.3 is 10.1 Å². The monoisotopic (exact) mass is 368 g/mol. The molecule has 1 atom stereocenters. The number of carbonyl (C=O) groups excluding carboxylic acids is 2. The first kappa shape index (κ1) is 18.2. The molecule has 1 aromatic carbocycles. The zero-order chi connectivity index (χ0) is 19.4. The SMILES string of the molecule is Cc1c(C(=O)OC(C)C(=O)Nc2ccccc2F)cnn1-c1ccccn1. The van der Waals surface area contributed by atoms with Gasteiger partial charge in [0.25, 0.3) is 5.91 Å². The van der Waals surface area contributed by atoms with Gasteiger partial charge in [-0.15, -0.1) is 0 Å². The number of anilines is 1.